The number of aromatic carboxylic acids is 1. The van der Waals surface area contributed by atoms with Crippen molar-refractivity contribution in [1.82, 2.24) is 20.0 Å². The van der Waals surface area contributed by atoms with Gasteiger partial charge in [0.2, 0.25) is 5.91 Å². The Kier molecular flexibility index (Phi) is 29.6. The minimum Gasteiger partial charge on any atom is -0.492 e. The van der Waals surface area contributed by atoms with E-state index in [0.717, 1.165) is 107 Å². The van der Waals surface area contributed by atoms with Crippen LogP contribution in [-0.4, -0.2) is 213 Å². The fourth-order valence-electron chi connectivity index (χ4n) is 15.5. The summed E-state index contributed by atoms with van der Waals surface area (Å²) < 4.78 is 80.7. The zero-order valence-corrected chi connectivity index (χ0v) is 65.2. The molecular formula is C82H120N4O16S. The van der Waals surface area contributed by atoms with Gasteiger partial charge in [0, 0.05) is 39.9 Å². The van der Waals surface area contributed by atoms with Gasteiger partial charge in [-0.15, -0.1) is 0 Å². The molecule has 1 unspecified atom stereocenters. The van der Waals surface area contributed by atoms with Crippen LogP contribution in [0.5, 0.6) is 5.75 Å². The van der Waals surface area contributed by atoms with Gasteiger partial charge in [-0.25, -0.2) is 18.0 Å². The van der Waals surface area contributed by atoms with Crippen LogP contribution in [0.3, 0.4) is 0 Å². The van der Waals surface area contributed by atoms with Gasteiger partial charge in [-0.2, -0.15) is 0 Å². The van der Waals surface area contributed by atoms with Crippen LogP contribution in [0.1, 0.15) is 172 Å². The molecule has 0 radical (unpaired) electrons. The number of esters is 2. The van der Waals surface area contributed by atoms with Crippen LogP contribution in [0, 0.1) is 23.7 Å². The molecule has 4 saturated heterocycles. The summed E-state index contributed by atoms with van der Waals surface area (Å²) in [5.74, 6) is -1.76. The number of benzene rings is 3. The van der Waals surface area contributed by atoms with Crippen molar-refractivity contribution in [1.29, 1.82) is 0 Å². The number of nitrogens with zero attached hydrogens (tertiary/aromatic N) is 3. The first-order chi connectivity index (χ1) is 49.0. The molecule has 4 heterocycles. The van der Waals surface area contributed by atoms with Crippen molar-refractivity contribution in [2.24, 2.45) is 23.7 Å². The average molecular weight is 1450 g/mol. The molecular weight excluding hydrogens is 1330 g/mol. The Morgan fingerprint density at radius 2 is 1.30 bits per heavy atom. The van der Waals surface area contributed by atoms with E-state index in [1.807, 2.05) is 90.6 Å². The van der Waals surface area contributed by atoms with E-state index >= 15 is 0 Å². The van der Waals surface area contributed by atoms with Gasteiger partial charge in [0.25, 0.3) is 0 Å². The molecule has 570 valence electrons. The highest BCUT2D eigenvalue weighted by molar-refractivity contribution is 7.90. The monoisotopic (exact) mass is 1450 g/mol. The Hall–Kier alpha value is -6.11. The summed E-state index contributed by atoms with van der Waals surface area (Å²) in [5.41, 5.74) is 5.26. The van der Waals surface area contributed by atoms with Gasteiger partial charge in [-0.3, -0.25) is 9.59 Å². The highest BCUT2D eigenvalue weighted by Crippen LogP contribution is 2.61. The third-order valence-electron chi connectivity index (χ3n) is 21.7. The van der Waals surface area contributed by atoms with Gasteiger partial charge in [-0.05, 0) is 218 Å². The maximum atomic E-state index is 13.3. The molecule has 21 heteroatoms. The Bertz CT molecular complexity index is 3570. The van der Waals surface area contributed by atoms with E-state index in [-0.39, 0.29) is 117 Å². The second-order valence-electron chi connectivity index (χ2n) is 30.8. The lowest BCUT2D eigenvalue weighted by molar-refractivity contribution is -0.173. The van der Waals surface area contributed by atoms with Gasteiger partial charge in [0.05, 0.1) is 65.8 Å². The highest BCUT2D eigenvalue weighted by Gasteiger charge is 2.73. The Morgan fingerprint density at radius 3 is 1.83 bits per heavy atom. The maximum Gasteiger partial charge on any atom is 0.336 e. The number of amides is 1. The number of aryl methyl sites for hydroxylation is 1. The maximum absolute atomic E-state index is 13.3. The van der Waals surface area contributed by atoms with Crippen LogP contribution >= 0.6 is 0 Å². The average Bonchev–Trinajstić information content (AvgIpc) is 1.54. The molecule has 3 aliphatic carbocycles. The molecule has 6 fully saturated rings. The third-order valence-corrected chi connectivity index (χ3v) is 23.5. The number of ether oxygens (including phenoxy) is 9. The molecule has 103 heavy (non-hydrogen) atoms. The fourth-order valence-corrected chi connectivity index (χ4v) is 17.1. The summed E-state index contributed by atoms with van der Waals surface area (Å²) in [6.45, 7) is 27.8. The van der Waals surface area contributed by atoms with Crippen molar-refractivity contribution < 1.29 is 75.3 Å². The Labute approximate surface area is 614 Å². The number of allylic oxidation sites excluding steroid dienone is 2. The second kappa shape index (κ2) is 36.9. The summed E-state index contributed by atoms with van der Waals surface area (Å²) in [5, 5.41) is 12.8. The smallest absolute Gasteiger partial charge is 0.336 e. The fraction of sp³-hybridized carbons (Fsp3) is 0.634. The molecule has 3 aromatic carbocycles. The second-order valence-corrected chi connectivity index (χ2v) is 32.7. The SMILES string of the molecule is CCN(CC)C/C=C\c1ccccc1S(=O)(=O)Cc1ccc2c(c1C(=O)O)CCCC2.CO[C@@H]1[C@H](OC(=O)/C=C/c2ccc(OCCN(C)C)cc2)CCC2(CO2)[C@H]1[C@@]1(C)O[C@@H]1CC=C(C)C.CO[C@@H]1[C@H](OC(=O)C[C@@H](C(=O)NCCCN(C)C)C(C)C)CC[C@]2(CO2)[C@H]1[C@@]1(C)O[C@@H]1CC=C(C)C. The van der Waals surface area contributed by atoms with E-state index in [4.69, 9.17) is 42.6 Å². The van der Waals surface area contributed by atoms with Crippen LogP contribution in [0.4, 0.5) is 0 Å². The molecule has 0 bridgehead atoms. The van der Waals surface area contributed by atoms with Crippen LogP contribution < -0.4 is 10.1 Å². The third kappa shape index (κ3) is 22.0. The minimum absolute atomic E-state index is 0.0149. The van der Waals surface area contributed by atoms with Crippen molar-refractivity contribution in [3.63, 3.8) is 0 Å². The largest absolute Gasteiger partial charge is 0.492 e. The molecule has 10 rings (SSSR count). The molecule has 13 atom stereocenters. The summed E-state index contributed by atoms with van der Waals surface area (Å²) in [6, 6.07) is 18.2. The molecule has 1 amide bonds. The number of nitrogens with one attached hydrogen (secondary N) is 1. The number of methoxy groups -OCH3 is 2. The number of carboxylic acid groups (broad SMARTS) is 1. The van der Waals surface area contributed by atoms with E-state index in [2.05, 4.69) is 87.6 Å². The minimum atomic E-state index is -3.72. The molecule has 7 aliphatic rings. The van der Waals surface area contributed by atoms with Gasteiger partial charge in [0.1, 0.15) is 59.2 Å². The number of hydrogen-bond acceptors (Lipinski definition) is 18. The quantitative estimate of drug-likeness (QED) is 0.0189. The van der Waals surface area contributed by atoms with Crippen molar-refractivity contribution in [3.05, 3.63) is 129 Å². The first-order valence-electron chi connectivity index (χ1n) is 37.4. The predicted octanol–water partition coefficient (Wildman–Crippen LogP) is 12.2. The first kappa shape index (κ1) is 82.5. The Balaban J connectivity index is 0.000000196. The number of carboxylic acids is 1. The number of epoxide rings is 4. The highest BCUT2D eigenvalue weighted by atomic mass is 32.2. The lowest BCUT2D eigenvalue weighted by atomic mass is 9.68. The Morgan fingerprint density at radius 1 is 0.738 bits per heavy atom. The van der Waals surface area contributed by atoms with Gasteiger partial charge in [-0.1, -0.05) is 106 Å². The molecule has 20 nitrogen and oxygen atoms in total. The van der Waals surface area contributed by atoms with Crippen LogP contribution in [0.15, 0.2) is 101 Å². The van der Waals surface area contributed by atoms with Gasteiger partial charge >= 0.3 is 17.9 Å². The predicted molar refractivity (Wildman–Crippen MR) is 402 cm³/mol. The van der Waals surface area contributed by atoms with E-state index in [0.29, 0.717) is 56.8 Å². The number of rotatable bonds is 33. The van der Waals surface area contributed by atoms with Crippen molar-refractivity contribution >= 4 is 45.8 Å². The van der Waals surface area contributed by atoms with Crippen molar-refractivity contribution in [2.75, 3.05) is 101 Å². The lowest BCUT2D eigenvalue weighted by Gasteiger charge is -2.42. The summed E-state index contributed by atoms with van der Waals surface area (Å²) in [6.07, 6.45) is 19.6. The molecule has 4 aliphatic heterocycles. The molecule has 2 N–H and O–H groups in total. The van der Waals surface area contributed by atoms with Crippen molar-refractivity contribution in [3.8, 4) is 5.75 Å². The summed E-state index contributed by atoms with van der Waals surface area (Å²) >= 11 is 0. The normalized spacial score (nSPS) is 27.7. The summed E-state index contributed by atoms with van der Waals surface area (Å²) in [4.78, 5) is 57.3. The molecule has 2 spiro atoms. The first-order valence-corrected chi connectivity index (χ1v) is 39.0. The zero-order valence-electron chi connectivity index (χ0n) is 64.4. The van der Waals surface area contributed by atoms with Crippen LogP contribution in [-0.2, 0) is 80.7 Å². The zero-order chi connectivity index (χ0) is 75.0. The molecule has 2 saturated carbocycles. The number of carbonyl (C=O) groups excluding carboxylic acids is 3. The van der Waals surface area contributed by atoms with Crippen molar-refractivity contribution in [2.45, 2.75) is 216 Å². The van der Waals surface area contributed by atoms with E-state index in [9.17, 15) is 32.7 Å². The van der Waals surface area contributed by atoms with Crippen LogP contribution in [0.25, 0.3) is 12.2 Å². The van der Waals surface area contributed by atoms with Gasteiger partial charge < -0.3 is 67.8 Å². The van der Waals surface area contributed by atoms with E-state index in [1.165, 1.54) is 17.2 Å². The summed E-state index contributed by atoms with van der Waals surface area (Å²) in [7, 11) is 7.69. The number of likely N-dealkylation sites (N-methyl/N-ethyl adjacent to an activating group) is 2. The van der Waals surface area contributed by atoms with Gasteiger partial charge in [0.15, 0.2) is 9.84 Å². The topological polar surface area (TPSA) is 241 Å². The number of carbonyl (C=O) groups is 4. The van der Waals surface area contributed by atoms with E-state index in [1.54, 1.807) is 44.6 Å². The van der Waals surface area contributed by atoms with E-state index < -0.39 is 21.7 Å². The van der Waals surface area contributed by atoms with Crippen LogP contribution in [0.2, 0.25) is 0 Å². The number of fused-ring (bicyclic) bond motifs is 1. The standard InChI is InChI=1S/C29H41NO6.C28H48N2O6.C25H31NO4S/c1-20(2)7-13-24-28(3,36-24)27-26(32-6)23(15-16-29(27)19-34-29)35-25(31)14-10-21-8-11-22(12-9-21)33-18-17-30(4)5;1-18(2)10-11-22-27(5,36-22)25-24(33-8)21(12-13-28(25)17-34-28)35-23(31)16-20(19(3)4)26(32)29-14-9-15-30(6)7;1-3-26(4-2)17-9-12-20-11-6-8-14-23(20)31(29,30)18-21-16-15-19-10-5-7-13-22(19)24(21)25(27)28/h7-12,14,23-24,26-27H,13,15-19H2,1-6H3;10,19-22,24-25H,9,11-17H2,1-8H3,(H,29,32);6,8-9,11-12,14-16H,3-5,7,10,13,17-18H2,1-2H3,(H,27,28)/b14-10+;;12-9-/t23-,24-,26-,27-,28+,29?;20-,21-,22-,24-,25-,27+,28+;/m11./s1. The number of hydrogen-bond donors (Lipinski definition) is 2. The number of sulfone groups is 1. The molecule has 0 aromatic heterocycles. The lowest BCUT2D eigenvalue weighted by Crippen LogP contribution is -2.55. The molecule has 3 aromatic rings.